The van der Waals surface area contributed by atoms with Gasteiger partial charge in [-0.1, -0.05) is 86.2 Å². The number of benzene rings is 2. The van der Waals surface area contributed by atoms with Gasteiger partial charge in [0.2, 0.25) is 0 Å². The summed E-state index contributed by atoms with van der Waals surface area (Å²) in [5.74, 6) is -0.186. The lowest BCUT2D eigenvalue weighted by Gasteiger charge is -2.33. The first-order valence-corrected chi connectivity index (χ1v) is 12.1. The van der Waals surface area contributed by atoms with Crippen molar-refractivity contribution in [1.29, 1.82) is 0 Å². The molecule has 32 heavy (non-hydrogen) atoms. The van der Waals surface area contributed by atoms with Gasteiger partial charge in [0.15, 0.2) is 0 Å². The standard InChI is InChI=1S/C28H32N2O2/c1-20-13-15-22(16-14-20)25-26(29-18-17-21-9-7-8-10-23(21)19-29)28(32)30(27(25)31)24-11-5-3-2-4-6-12-24/h7-10,13-16,24H,2-6,11-12,17-19H2,1H3. The molecule has 0 atom stereocenters. The van der Waals surface area contributed by atoms with Gasteiger partial charge in [-0.15, -0.1) is 0 Å². The Labute approximate surface area is 190 Å². The average Bonchev–Trinajstić information content (AvgIpc) is 3.04. The molecule has 0 N–H and O–H groups in total. The zero-order chi connectivity index (χ0) is 22.1. The Morgan fingerprint density at radius 2 is 1.44 bits per heavy atom. The Balaban J connectivity index is 1.54. The third-order valence-corrected chi connectivity index (χ3v) is 7.32. The summed E-state index contributed by atoms with van der Waals surface area (Å²) < 4.78 is 0. The van der Waals surface area contributed by atoms with E-state index in [1.54, 1.807) is 4.90 Å². The first-order valence-electron chi connectivity index (χ1n) is 12.1. The Morgan fingerprint density at radius 3 is 2.16 bits per heavy atom. The van der Waals surface area contributed by atoms with Crippen molar-refractivity contribution in [3.63, 3.8) is 0 Å². The molecule has 3 aliphatic rings. The van der Waals surface area contributed by atoms with Crippen molar-refractivity contribution in [1.82, 2.24) is 9.80 Å². The van der Waals surface area contributed by atoms with Crippen molar-refractivity contribution >= 4 is 17.4 Å². The molecule has 2 heterocycles. The average molecular weight is 429 g/mol. The highest BCUT2D eigenvalue weighted by Gasteiger charge is 2.45. The van der Waals surface area contributed by atoms with Gasteiger partial charge in [-0.05, 0) is 42.9 Å². The van der Waals surface area contributed by atoms with Crippen LogP contribution in [0.2, 0.25) is 0 Å². The molecule has 0 aromatic heterocycles. The van der Waals surface area contributed by atoms with Crippen LogP contribution in [0.5, 0.6) is 0 Å². The van der Waals surface area contributed by atoms with E-state index < -0.39 is 0 Å². The monoisotopic (exact) mass is 428 g/mol. The van der Waals surface area contributed by atoms with E-state index in [4.69, 9.17) is 0 Å². The van der Waals surface area contributed by atoms with E-state index in [0.717, 1.165) is 49.8 Å². The summed E-state index contributed by atoms with van der Waals surface area (Å²) in [5, 5.41) is 0. The SMILES string of the molecule is Cc1ccc(C2=C(N3CCc4ccccc4C3)C(=O)N(C3CCCCCCC3)C2=O)cc1. The molecule has 1 saturated carbocycles. The van der Waals surface area contributed by atoms with Crippen LogP contribution >= 0.6 is 0 Å². The predicted molar refractivity (Wildman–Crippen MR) is 127 cm³/mol. The molecule has 1 aliphatic carbocycles. The van der Waals surface area contributed by atoms with Crippen molar-refractivity contribution in [2.45, 2.75) is 70.9 Å². The van der Waals surface area contributed by atoms with Crippen LogP contribution in [0, 0.1) is 6.92 Å². The molecule has 1 fully saturated rings. The fraction of sp³-hybridized carbons (Fsp3) is 0.429. The van der Waals surface area contributed by atoms with Gasteiger partial charge in [-0.2, -0.15) is 0 Å². The van der Waals surface area contributed by atoms with Gasteiger partial charge in [0.1, 0.15) is 5.70 Å². The van der Waals surface area contributed by atoms with E-state index in [-0.39, 0.29) is 17.9 Å². The number of hydrogen-bond donors (Lipinski definition) is 0. The van der Waals surface area contributed by atoms with E-state index in [0.29, 0.717) is 17.8 Å². The summed E-state index contributed by atoms with van der Waals surface area (Å²) in [7, 11) is 0. The fourth-order valence-corrected chi connectivity index (χ4v) is 5.52. The third-order valence-electron chi connectivity index (χ3n) is 7.32. The Morgan fingerprint density at radius 1 is 0.781 bits per heavy atom. The van der Waals surface area contributed by atoms with Crippen molar-refractivity contribution in [2.24, 2.45) is 0 Å². The van der Waals surface area contributed by atoms with Gasteiger partial charge >= 0.3 is 0 Å². The molecular formula is C28H32N2O2. The first-order chi connectivity index (χ1) is 15.6. The molecule has 5 rings (SSSR count). The Bertz CT molecular complexity index is 1050. The van der Waals surface area contributed by atoms with Crippen molar-refractivity contribution in [3.05, 3.63) is 76.5 Å². The lowest BCUT2D eigenvalue weighted by atomic mass is 9.95. The lowest BCUT2D eigenvalue weighted by Crippen LogP contribution is -2.43. The molecule has 166 valence electrons. The molecule has 4 heteroatoms. The van der Waals surface area contributed by atoms with Crippen LogP contribution in [-0.2, 0) is 22.6 Å². The van der Waals surface area contributed by atoms with Crippen LogP contribution < -0.4 is 0 Å². The van der Waals surface area contributed by atoms with E-state index in [2.05, 4.69) is 29.2 Å². The van der Waals surface area contributed by atoms with E-state index >= 15 is 0 Å². The maximum atomic E-state index is 13.9. The molecule has 0 bridgehead atoms. The summed E-state index contributed by atoms with van der Waals surface area (Å²) in [6.45, 7) is 3.49. The number of amides is 2. The molecule has 2 aromatic carbocycles. The fourth-order valence-electron chi connectivity index (χ4n) is 5.52. The molecule has 0 unspecified atom stereocenters. The third kappa shape index (κ3) is 3.87. The van der Waals surface area contributed by atoms with Gasteiger partial charge in [0.25, 0.3) is 11.8 Å². The normalized spacial score (nSPS) is 20.4. The minimum absolute atomic E-state index is 0.0188. The van der Waals surface area contributed by atoms with Crippen LogP contribution in [0.3, 0.4) is 0 Å². The highest BCUT2D eigenvalue weighted by atomic mass is 16.2. The van der Waals surface area contributed by atoms with Crippen LogP contribution in [0.25, 0.3) is 5.57 Å². The van der Waals surface area contributed by atoms with E-state index in [1.165, 1.54) is 30.4 Å². The molecule has 2 aliphatic heterocycles. The van der Waals surface area contributed by atoms with Crippen molar-refractivity contribution in [2.75, 3.05) is 6.54 Å². The molecule has 2 amide bonds. The van der Waals surface area contributed by atoms with Crippen LogP contribution in [0.4, 0.5) is 0 Å². The van der Waals surface area contributed by atoms with E-state index in [9.17, 15) is 9.59 Å². The second-order valence-corrected chi connectivity index (χ2v) is 9.51. The minimum atomic E-state index is -0.0988. The zero-order valence-corrected chi connectivity index (χ0v) is 19.0. The van der Waals surface area contributed by atoms with Gasteiger partial charge in [-0.25, -0.2) is 0 Å². The number of carbonyl (C=O) groups excluding carboxylic acids is 2. The van der Waals surface area contributed by atoms with Crippen molar-refractivity contribution < 1.29 is 9.59 Å². The van der Waals surface area contributed by atoms with Crippen LogP contribution in [0.1, 0.15) is 67.2 Å². The van der Waals surface area contributed by atoms with Gasteiger partial charge in [0.05, 0.1) is 5.57 Å². The second kappa shape index (κ2) is 8.93. The molecule has 2 aromatic rings. The quantitative estimate of drug-likeness (QED) is 0.627. The smallest absolute Gasteiger partial charge is 0.278 e. The Hall–Kier alpha value is -2.88. The minimum Gasteiger partial charge on any atom is -0.362 e. The topological polar surface area (TPSA) is 40.6 Å². The number of aryl methyl sites for hydroxylation is 1. The predicted octanol–water partition coefficient (Wildman–Crippen LogP) is 5.25. The molecule has 0 radical (unpaired) electrons. The highest BCUT2D eigenvalue weighted by molar-refractivity contribution is 6.35. The van der Waals surface area contributed by atoms with Crippen LogP contribution in [0.15, 0.2) is 54.2 Å². The number of nitrogens with zero attached hydrogens (tertiary/aromatic N) is 2. The molecule has 4 nitrogen and oxygen atoms in total. The lowest BCUT2D eigenvalue weighted by molar-refractivity contribution is -0.140. The summed E-state index contributed by atoms with van der Waals surface area (Å²) in [6.07, 6.45) is 8.58. The summed E-state index contributed by atoms with van der Waals surface area (Å²) in [6, 6.07) is 16.5. The van der Waals surface area contributed by atoms with Gasteiger partial charge < -0.3 is 4.90 Å². The van der Waals surface area contributed by atoms with Gasteiger partial charge in [-0.3, -0.25) is 14.5 Å². The summed E-state index contributed by atoms with van der Waals surface area (Å²) in [5.41, 5.74) is 5.80. The summed E-state index contributed by atoms with van der Waals surface area (Å²) in [4.78, 5) is 31.5. The van der Waals surface area contributed by atoms with Crippen molar-refractivity contribution in [3.8, 4) is 0 Å². The van der Waals surface area contributed by atoms with Gasteiger partial charge in [0, 0.05) is 19.1 Å². The maximum absolute atomic E-state index is 13.9. The molecule has 0 saturated heterocycles. The number of hydrogen-bond acceptors (Lipinski definition) is 3. The zero-order valence-electron chi connectivity index (χ0n) is 19.0. The maximum Gasteiger partial charge on any atom is 0.278 e. The largest absolute Gasteiger partial charge is 0.362 e. The molecule has 0 spiro atoms. The Kier molecular flexibility index (Phi) is 5.86. The van der Waals surface area contributed by atoms with E-state index in [1.807, 2.05) is 31.2 Å². The summed E-state index contributed by atoms with van der Waals surface area (Å²) >= 11 is 0. The number of carbonyl (C=O) groups is 2. The number of fused-ring (bicyclic) bond motifs is 1. The highest BCUT2D eigenvalue weighted by Crippen LogP contribution is 2.37. The number of rotatable bonds is 3. The number of imide groups is 1. The van der Waals surface area contributed by atoms with Crippen LogP contribution in [-0.4, -0.2) is 34.2 Å². The molecular weight excluding hydrogens is 396 g/mol. The first kappa shape index (κ1) is 21.0. The second-order valence-electron chi connectivity index (χ2n) is 9.51.